The summed E-state index contributed by atoms with van der Waals surface area (Å²) in [6.07, 6.45) is 6.72. The minimum atomic E-state index is 0.0802. The van der Waals surface area contributed by atoms with Crippen molar-refractivity contribution in [3.05, 3.63) is 10.6 Å². The molecule has 1 aromatic heterocycles. The third kappa shape index (κ3) is 3.29. The Morgan fingerprint density at radius 3 is 2.37 bits per heavy atom. The lowest BCUT2D eigenvalue weighted by atomic mass is 9.91. The van der Waals surface area contributed by atoms with Crippen LogP contribution in [0.15, 0.2) is 0 Å². The van der Waals surface area contributed by atoms with Crippen molar-refractivity contribution in [1.82, 2.24) is 4.98 Å². The Bertz CT molecular complexity index is 414. The second-order valence-electron chi connectivity index (χ2n) is 6.63. The largest absolute Gasteiger partial charge is 0.348 e. The molecule has 0 unspecified atom stereocenters. The van der Waals surface area contributed by atoms with Crippen LogP contribution in [0.3, 0.4) is 0 Å². The SMILES string of the molecule is CN(c1nc(C(C)(C)C)c(CN)s1)C1CCCCC1. The van der Waals surface area contributed by atoms with E-state index in [-0.39, 0.29) is 5.41 Å². The molecule has 1 aliphatic carbocycles. The van der Waals surface area contributed by atoms with Gasteiger partial charge in [0.05, 0.1) is 5.69 Å². The van der Waals surface area contributed by atoms with E-state index in [2.05, 4.69) is 32.7 Å². The lowest BCUT2D eigenvalue weighted by Crippen LogP contribution is -2.33. The Balaban J connectivity index is 2.22. The third-order valence-electron chi connectivity index (χ3n) is 4.01. The molecule has 3 nitrogen and oxygen atoms in total. The highest BCUT2D eigenvalue weighted by molar-refractivity contribution is 7.15. The summed E-state index contributed by atoms with van der Waals surface area (Å²) in [5.74, 6) is 0. The van der Waals surface area contributed by atoms with Crippen molar-refractivity contribution >= 4 is 16.5 Å². The summed E-state index contributed by atoms with van der Waals surface area (Å²) in [6, 6.07) is 0.665. The fraction of sp³-hybridized carbons (Fsp3) is 0.800. The number of rotatable bonds is 3. The molecule has 0 aromatic carbocycles. The van der Waals surface area contributed by atoms with E-state index < -0.39 is 0 Å². The van der Waals surface area contributed by atoms with E-state index in [9.17, 15) is 0 Å². The fourth-order valence-corrected chi connectivity index (χ4v) is 4.02. The number of thiazole rings is 1. The van der Waals surface area contributed by atoms with Crippen molar-refractivity contribution in [3.63, 3.8) is 0 Å². The molecule has 1 aromatic rings. The van der Waals surface area contributed by atoms with Crippen LogP contribution in [0.25, 0.3) is 0 Å². The van der Waals surface area contributed by atoms with Crippen molar-refractivity contribution in [1.29, 1.82) is 0 Å². The summed E-state index contributed by atoms with van der Waals surface area (Å²) in [6.45, 7) is 7.24. The number of nitrogens with zero attached hydrogens (tertiary/aromatic N) is 2. The van der Waals surface area contributed by atoms with Crippen molar-refractivity contribution < 1.29 is 0 Å². The number of hydrogen-bond acceptors (Lipinski definition) is 4. The molecular weight excluding hydrogens is 254 g/mol. The first-order valence-corrected chi connectivity index (χ1v) is 8.18. The van der Waals surface area contributed by atoms with E-state index >= 15 is 0 Å². The van der Waals surface area contributed by atoms with Gasteiger partial charge in [-0.1, -0.05) is 40.0 Å². The Hall–Kier alpha value is -0.610. The van der Waals surface area contributed by atoms with Gasteiger partial charge in [-0.25, -0.2) is 4.98 Å². The van der Waals surface area contributed by atoms with Crippen molar-refractivity contribution in [3.8, 4) is 0 Å². The normalized spacial score (nSPS) is 17.7. The van der Waals surface area contributed by atoms with Gasteiger partial charge in [-0.15, -0.1) is 11.3 Å². The van der Waals surface area contributed by atoms with E-state index in [1.807, 2.05) is 0 Å². The van der Waals surface area contributed by atoms with Gasteiger partial charge in [0, 0.05) is 29.9 Å². The van der Waals surface area contributed by atoms with E-state index in [0.29, 0.717) is 12.6 Å². The van der Waals surface area contributed by atoms with Crippen molar-refractivity contribution in [2.75, 3.05) is 11.9 Å². The molecule has 0 spiro atoms. The lowest BCUT2D eigenvalue weighted by molar-refractivity contribution is 0.427. The van der Waals surface area contributed by atoms with E-state index in [0.717, 1.165) is 5.13 Å². The highest BCUT2D eigenvalue weighted by Crippen LogP contribution is 2.35. The highest BCUT2D eigenvalue weighted by Gasteiger charge is 2.26. The molecule has 0 saturated heterocycles. The zero-order valence-electron chi connectivity index (χ0n) is 12.7. The monoisotopic (exact) mass is 281 g/mol. The van der Waals surface area contributed by atoms with Crippen LogP contribution < -0.4 is 10.6 Å². The maximum atomic E-state index is 5.89. The standard InChI is InChI=1S/C15H27N3S/c1-15(2,3)13-12(10-16)19-14(17-13)18(4)11-8-6-5-7-9-11/h11H,5-10,16H2,1-4H3. The number of hydrogen-bond donors (Lipinski definition) is 1. The molecule has 2 rings (SSSR count). The molecule has 0 atom stereocenters. The fourth-order valence-electron chi connectivity index (χ4n) is 2.84. The average Bonchev–Trinajstić information content (AvgIpc) is 2.83. The summed E-state index contributed by atoms with van der Waals surface area (Å²) >= 11 is 1.78. The second-order valence-corrected chi connectivity index (χ2v) is 7.69. The molecule has 0 radical (unpaired) electrons. The van der Waals surface area contributed by atoms with Crippen LogP contribution in [-0.2, 0) is 12.0 Å². The zero-order valence-corrected chi connectivity index (χ0v) is 13.5. The van der Waals surface area contributed by atoms with Crippen LogP contribution in [0.1, 0.15) is 63.4 Å². The van der Waals surface area contributed by atoms with Gasteiger partial charge in [0.2, 0.25) is 0 Å². The van der Waals surface area contributed by atoms with E-state index in [1.54, 1.807) is 11.3 Å². The van der Waals surface area contributed by atoms with Gasteiger partial charge in [-0.05, 0) is 12.8 Å². The van der Waals surface area contributed by atoms with E-state index in [1.165, 1.54) is 42.7 Å². The minimum Gasteiger partial charge on any atom is -0.348 e. The predicted octanol–water partition coefficient (Wildman–Crippen LogP) is 3.67. The topological polar surface area (TPSA) is 42.2 Å². The minimum absolute atomic E-state index is 0.0802. The summed E-state index contributed by atoms with van der Waals surface area (Å²) < 4.78 is 0. The first kappa shape index (κ1) is 14.8. The molecule has 0 aliphatic heterocycles. The van der Waals surface area contributed by atoms with Crippen LogP contribution in [0, 0.1) is 0 Å². The molecular formula is C15H27N3S. The Morgan fingerprint density at radius 2 is 1.89 bits per heavy atom. The van der Waals surface area contributed by atoms with Crippen LogP contribution in [0.4, 0.5) is 5.13 Å². The van der Waals surface area contributed by atoms with Crippen LogP contribution >= 0.6 is 11.3 Å². The van der Waals surface area contributed by atoms with Gasteiger partial charge in [-0.3, -0.25) is 0 Å². The molecule has 19 heavy (non-hydrogen) atoms. The van der Waals surface area contributed by atoms with Gasteiger partial charge in [0.15, 0.2) is 5.13 Å². The van der Waals surface area contributed by atoms with Gasteiger partial charge in [0.1, 0.15) is 0 Å². The van der Waals surface area contributed by atoms with Gasteiger partial charge in [-0.2, -0.15) is 0 Å². The number of nitrogens with two attached hydrogens (primary N) is 1. The zero-order chi connectivity index (χ0) is 14.0. The summed E-state index contributed by atoms with van der Waals surface area (Å²) in [5, 5.41) is 1.15. The second kappa shape index (κ2) is 5.80. The van der Waals surface area contributed by atoms with Crippen molar-refractivity contribution in [2.24, 2.45) is 5.73 Å². The summed E-state index contributed by atoms with van der Waals surface area (Å²) in [5.41, 5.74) is 7.15. The van der Waals surface area contributed by atoms with Gasteiger partial charge < -0.3 is 10.6 Å². The molecule has 0 amide bonds. The molecule has 1 heterocycles. The average molecular weight is 281 g/mol. The molecule has 108 valence electrons. The van der Waals surface area contributed by atoms with E-state index in [4.69, 9.17) is 10.7 Å². The predicted molar refractivity (Wildman–Crippen MR) is 84.0 cm³/mol. The summed E-state index contributed by atoms with van der Waals surface area (Å²) in [4.78, 5) is 8.52. The smallest absolute Gasteiger partial charge is 0.185 e. The van der Waals surface area contributed by atoms with Crippen LogP contribution in [0.5, 0.6) is 0 Å². The molecule has 4 heteroatoms. The van der Waals surface area contributed by atoms with Crippen LogP contribution in [0.2, 0.25) is 0 Å². The third-order valence-corrected chi connectivity index (χ3v) is 5.17. The Kier molecular flexibility index (Phi) is 4.51. The highest BCUT2D eigenvalue weighted by atomic mass is 32.1. The number of aromatic nitrogens is 1. The first-order valence-electron chi connectivity index (χ1n) is 7.36. The Morgan fingerprint density at radius 1 is 1.26 bits per heavy atom. The van der Waals surface area contributed by atoms with Gasteiger partial charge >= 0.3 is 0 Å². The summed E-state index contributed by atoms with van der Waals surface area (Å²) in [7, 11) is 2.20. The Labute approximate surface area is 121 Å². The molecule has 1 fully saturated rings. The maximum absolute atomic E-state index is 5.89. The molecule has 1 aliphatic rings. The molecule has 0 bridgehead atoms. The van der Waals surface area contributed by atoms with Crippen molar-refractivity contribution in [2.45, 2.75) is 70.9 Å². The molecule has 1 saturated carbocycles. The van der Waals surface area contributed by atoms with Gasteiger partial charge in [0.25, 0.3) is 0 Å². The maximum Gasteiger partial charge on any atom is 0.185 e. The van der Waals surface area contributed by atoms with Crippen LogP contribution in [-0.4, -0.2) is 18.1 Å². The number of anilines is 1. The quantitative estimate of drug-likeness (QED) is 0.919. The first-order chi connectivity index (χ1) is 8.93. The molecule has 2 N–H and O–H groups in total. The lowest BCUT2D eigenvalue weighted by Gasteiger charge is -2.31.